The molecule has 0 saturated carbocycles. The van der Waals surface area contributed by atoms with E-state index in [-0.39, 0.29) is 42.6 Å². The zero-order chi connectivity index (χ0) is 20.1. The van der Waals surface area contributed by atoms with Gasteiger partial charge in [-0.15, -0.1) is 24.8 Å². The first-order chi connectivity index (χ1) is 14.2. The second-order valence-corrected chi connectivity index (χ2v) is 6.77. The molecular weight excluding hydrogens is 442 g/mol. The van der Waals surface area contributed by atoms with Gasteiger partial charge in [-0.3, -0.25) is 9.78 Å². The van der Waals surface area contributed by atoms with E-state index in [1.807, 2.05) is 18.2 Å². The molecule has 31 heavy (non-hydrogen) atoms. The summed E-state index contributed by atoms with van der Waals surface area (Å²) in [5.41, 5.74) is 1.76. The van der Waals surface area contributed by atoms with Gasteiger partial charge >= 0.3 is 0 Å². The number of aromatic nitrogens is 2. The molecule has 1 aliphatic heterocycles. The summed E-state index contributed by atoms with van der Waals surface area (Å²) in [6.45, 7) is 2.29. The Hall–Kier alpha value is -2.74. The maximum Gasteiger partial charge on any atom is 0.272 e. The van der Waals surface area contributed by atoms with Crippen LogP contribution in [0.15, 0.2) is 67.0 Å². The zero-order valence-electron chi connectivity index (χ0n) is 16.6. The second kappa shape index (κ2) is 11.6. The van der Waals surface area contributed by atoms with Crippen LogP contribution in [0, 0.1) is 5.82 Å². The highest BCUT2D eigenvalue weighted by atomic mass is 35.5. The highest BCUT2D eigenvalue weighted by Crippen LogP contribution is 2.19. The molecule has 4 rings (SSSR count). The van der Waals surface area contributed by atoms with Gasteiger partial charge in [0.1, 0.15) is 23.9 Å². The van der Waals surface area contributed by atoms with Crippen molar-refractivity contribution < 1.29 is 13.9 Å². The molecule has 3 heterocycles. The lowest BCUT2D eigenvalue weighted by molar-refractivity contribution is 0.0553. The fourth-order valence-electron chi connectivity index (χ4n) is 3.28. The lowest BCUT2D eigenvalue weighted by Gasteiger charge is -2.35. The number of ether oxygens (including phenoxy) is 1. The van der Waals surface area contributed by atoms with Crippen molar-refractivity contribution in [3.05, 3.63) is 78.5 Å². The molecule has 1 aromatic carbocycles. The van der Waals surface area contributed by atoms with Crippen LogP contribution in [0.25, 0.3) is 11.3 Å². The van der Waals surface area contributed by atoms with Gasteiger partial charge in [-0.05, 0) is 48.5 Å². The van der Waals surface area contributed by atoms with E-state index < -0.39 is 0 Å². The normalized spacial score (nSPS) is 15.4. The molecular formula is C22H23Cl2FN4O2. The molecule has 1 aliphatic rings. The number of hydrogen-bond acceptors (Lipinski definition) is 5. The predicted octanol–water partition coefficient (Wildman–Crippen LogP) is 3.62. The maximum absolute atomic E-state index is 13.2. The van der Waals surface area contributed by atoms with Crippen LogP contribution in [0.1, 0.15) is 10.5 Å². The van der Waals surface area contributed by atoms with Crippen LogP contribution in [0.4, 0.5) is 4.39 Å². The number of rotatable bonds is 5. The minimum atomic E-state index is -0.307. The Bertz CT molecular complexity index is 977. The molecule has 2 aromatic heterocycles. The number of nitrogens with zero attached hydrogens (tertiary/aromatic N) is 3. The number of amides is 1. The number of hydrogen-bond donors (Lipinski definition) is 1. The van der Waals surface area contributed by atoms with Gasteiger partial charge in [-0.2, -0.15) is 0 Å². The van der Waals surface area contributed by atoms with Gasteiger partial charge < -0.3 is 15.0 Å². The molecule has 0 aliphatic carbocycles. The van der Waals surface area contributed by atoms with Gasteiger partial charge in [0.2, 0.25) is 0 Å². The average molecular weight is 465 g/mol. The zero-order valence-corrected chi connectivity index (χ0v) is 18.2. The summed E-state index contributed by atoms with van der Waals surface area (Å²) in [5, 5.41) is 3.30. The Kier molecular flexibility index (Phi) is 9.18. The number of piperazine rings is 1. The summed E-state index contributed by atoms with van der Waals surface area (Å²) >= 11 is 0. The second-order valence-electron chi connectivity index (χ2n) is 6.77. The molecule has 1 saturated heterocycles. The number of carbonyl (C=O) groups excluding carboxylic acids is 1. The Balaban J connectivity index is 0.00000171. The highest BCUT2D eigenvalue weighted by Gasteiger charge is 2.28. The van der Waals surface area contributed by atoms with E-state index in [9.17, 15) is 9.18 Å². The van der Waals surface area contributed by atoms with Crippen molar-refractivity contribution in [3.63, 3.8) is 0 Å². The lowest BCUT2D eigenvalue weighted by Crippen LogP contribution is -2.56. The van der Waals surface area contributed by atoms with Crippen molar-refractivity contribution in [2.75, 3.05) is 26.2 Å². The molecule has 9 heteroatoms. The van der Waals surface area contributed by atoms with E-state index in [1.54, 1.807) is 41.6 Å². The molecule has 1 unspecified atom stereocenters. The SMILES string of the molecule is Cl.Cl.O=C(c1cccc(-c2ccc(F)cc2)n1)N1CCNCC1COc1cccnc1. The van der Waals surface area contributed by atoms with Crippen molar-refractivity contribution in [2.45, 2.75) is 6.04 Å². The van der Waals surface area contributed by atoms with Gasteiger partial charge in [-0.25, -0.2) is 9.37 Å². The lowest BCUT2D eigenvalue weighted by atomic mass is 10.1. The number of nitrogens with one attached hydrogen (secondary N) is 1. The summed E-state index contributed by atoms with van der Waals surface area (Å²) < 4.78 is 19.0. The summed E-state index contributed by atoms with van der Waals surface area (Å²) in [7, 11) is 0. The Morgan fingerprint density at radius 1 is 1.13 bits per heavy atom. The van der Waals surface area contributed by atoms with Crippen molar-refractivity contribution in [2.24, 2.45) is 0 Å². The minimum absolute atomic E-state index is 0. The van der Waals surface area contributed by atoms with Gasteiger partial charge in [-0.1, -0.05) is 6.07 Å². The van der Waals surface area contributed by atoms with Gasteiger partial charge in [0.05, 0.1) is 17.9 Å². The van der Waals surface area contributed by atoms with E-state index in [1.165, 1.54) is 12.1 Å². The van der Waals surface area contributed by atoms with Crippen molar-refractivity contribution in [1.29, 1.82) is 0 Å². The quantitative estimate of drug-likeness (QED) is 0.624. The summed E-state index contributed by atoms with van der Waals surface area (Å²) in [5.74, 6) is 0.218. The van der Waals surface area contributed by atoms with Crippen LogP contribution < -0.4 is 10.1 Å². The first-order valence-electron chi connectivity index (χ1n) is 9.48. The molecule has 1 fully saturated rings. The number of pyridine rings is 2. The predicted molar refractivity (Wildman–Crippen MR) is 122 cm³/mol. The van der Waals surface area contributed by atoms with Crippen LogP contribution in [0.3, 0.4) is 0 Å². The number of benzene rings is 1. The molecule has 1 N–H and O–H groups in total. The molecule has 0 bridgehead atoms. The topological polar surface area (TPSA) is 67.4 Å². The van der Waals surface area contributed by atoms with Gasteiger partial charge in [0, 0.05) is 31.4 Å². The fourth-order valence-corrected chi connectivity index (χ4v) is 3.28. The van der Waals surface area contributed by atoms with E-state index in [0.29, 0.717) is 43.4 Å². The van der Waals surface area contributed by atoms with Crippen molar-refractivity contribution in [3.8, 4) is 17.0 Å². The van der Waals surface area contributed by atoms with E-state index in [0.717, 1.165) is 5.56 Å². The molecule has 164 valence electrons. The number of carbonyl (C=O) groups is 1. The standard InChI is InChI=1S/C22H21FN4O2.2ClH/c23-17-8-6-16(7-9-17)20-4-1-5-21(26-20)22(28)27-12-11-25-13-18(27)15-29-19-3-2-10-24-14-19;;/h1-10,14,18,25H,11-13,15H2;2*1H. The van der Waals surface area contributed by atoms with Crippen LogP contribution >= 0.6 is 24.8 Å². The van der Waals surface area contributed by atoms with Crippen molar-refractivity contribution >= 4 is 30.7 Å². The Labute approximate surface area is 192 Å². The molecule has 0 radical (unpaired) electrons. The van der Waals surface area contributed by atoms with Crippen molar-refractivity contribution in [1.82, 2.24) is 20.2 Å². The van der Waals surface area contributed by atoms with Crippen LogP contribution in [0.2, 0.25) is 0 Å². The van der Waals surface area contributed by atoms with E-state index >= 15 is 0 Å². The maximum atomic E-state index is 13.2. The third kappa shape index (κ3) is 6.13. The molecule has 6 nitrogen and oxygen atoms in total. The minimum Gasteiger partial charge on any atom is -0.490 e. The molecule has 3 aromatic rings. The first-order valence-corrected chi connectivity index (χ1v) is 9.48. The van der Waals surface area contributed by atoms with E-state index in [2.05, 4.69) is 15.3 Å². The summed E-state index contributed by atoms with van der Waals surface area (Å²) in [4.78, 5) is 23.5. The monoisotopic (exact) mass is 464 g/mol. The molecule has 1 atom stereocenters. The Morgan fingerprint density at radius 2 is 1.94 bits per heavy atom. The third-order valence-corrected chi connectivity index (χ3v) is 4.80. The van der Waals surface area contributed by atoms with Crippen LogP contribution in [-0.2, 0) is 0 Å². The first kappa shape index (κ1) is 24.5. The highest BCUT2D eigenvalue weighted by molar-refractivity contribution is 5.93. The Morgan fingerprint density at radius 3 is 2.68 bits per heavy atom. The van der Waals surface area contributed by atoms with Gasteiger partial charge in [0.15, 0.2) is 0 Å². The smallest absolute Gasteiger partial charge is 0.272 e. The third-order valence-electron chi connectivity index (χ3n) is 4.80. The number of halogens is 3. The molecule has 0 spiro atoms. The largest absolute Gasteiger partial charge is 0.490 e. The van der Waals surface area contributed by atoms with E-state index in [4.69, 9.17) is 4.74 Å². The average Bonchev–Trinajstić information content (AvgIpc) is 2.79. The fraction of sp³-hybridized carbons (Fsp3) is 0.227. The van der Waals surface area contributed by atoms with Gasteiger partial charge in [0.25, 0.3) is 5.91 Å². The van der Waals surface area contributed by atoms with Crippen LogP contribution in [-0.4, -0.2) is 53.1 Å². The van der Waals surface area contributed by atoms with Crippen LogP contribution in [0.5, 0.6) is 5.75 Å². The summed E-state index contributed by atoms with van der Waals surface area (Å²) in [6.07, 6.45) is 3.33. The molecule has 1 amide bonds. The summed E-state index contributed by atoms with van der Waals surface area (Å²) in [6, 6.07) is 14.9.